The van der Waals surface area contributed by atoms with Crippen LogP contribution in [0, 0.1) is 5.92 Å². The quantitative estimate of drug-likeness (QED) is 0.106. The number of Topliss-reactive ketones (excluding diaryl/α,β-unsaturated/α-hetero) is 1. The first kappa shape index (κ1) is 37.9. The Hall–Kier alpha value is -4.93. The van der Waals surface area contributed by atoms with E-state index in [1.807, 2.05) is 0 Å². The number of aliphatic hydroxyl groups is 1. The predicted molar refractivity (Wildman–Crippen MR) is 177 cm³/mol. The molecule has 17 heteroatoms. The Morgan fingerprint density at radius 1 is 1.02 bits per heavy atom. The molecule has 2 unspecified atom stereocenters. The Kier molecular flexibility index (Phi) is 13.0. The number of amides is 5. The first-order valence-electron chi connectivity index (χ1n) is 17.0. The zero-order chi connectivity index (χ0) is 36.4. The van der Waals surface area contributed by atoms with Crippen molar-refractivity contribution in [3.8, 4) is 0 Å². The first-order valence-corrected chi connectivity index (χ1v) is 17.0. The molecule has 4 atom stereocenters. The molecule has 7 N–H and O–H groups in total. The number of carbonyl (C=O) groups is 6. The van der Waals surface area contributed by atoms with Gasteiger partial charge in [-0.25, -0.2) is 9.48 Å². The minimum atomic E-state index is -1.35. The fourth-order valence-corrected chi connectivity index (χ4v) is 6.73. The number of carbonyl (C=O) groups excluding carboxylic acids is 5. The number of unbranched alkanes of at least 4 members (excludes halogenated alkanes) is 1. The lowest BCUT2D eigenvalue weighted by atomic mass is 9.84. The number of aromatic nitrogens is 4. The fraction of sp³-hybridized carbons (Fsp3) is 0.606. The molecule has 2 fully saturated rings. The molecule has 2 aromatic rings. The molecule has 0 radical (unpaired) electrons. The first-order chi connectivity index (χ1) is 23.8. The molecule has 17 nitrogen and oxygen atoms in total. The second kappa shape index (κ2) is 17.1. The standard InChI is InChI=1S/C33H47N9O8/c1-33(2,50)26-18-37-40-42(26)22-17-25(30(46)38-23(27(43)28(34)44)10-6-7-13-36-32(48)49)41(19-22)31(47)24(16-20-8-4-3-5-9-20)39-29(45)21-11-14-35-15-12-21/h11-12,14-15,18,20,22-25,36,50H,3-10,13,16-17,19H2,1-2H3,(H2,34,44)(H,38,46)(H,39,45)(H,48,49)/t22-,23?,24?,25-/m0/s1. The van der Waals surface area contributed by atoms with Gasteiger partial charge in [-0.3, -0.25) is 29.0 Å². The highest BCUT2D eigenvalue weighted by Gasteiger charge is 2.45. The van der Waals surface area contributed by atoms with E-state index in [4.69, 9.17) is 10.8 Å². The van der Waals surface area contributed by atoms with E-state index in [9.17, 15) is 33.9 Å². The van der Waals surface area contributed by atoms with Gasteiger partial charge in [0.2, 0.25) is 17.6 Å². The minimum Gasteiger partial charge on any atom is -0.465 e. The van der Waals surface area contributed by atoms with Crippen molar-refractivity contribution in [3.63, 3.8) is 0 Å². The van der Waals surface area contributed by atoms with Gasteiger partial charge >= 0.3 is 6.09 Å². The third-order valence-electron chi connectivity index (χ3n) is 9.32. The number of likely N-dealkylation sites (tertiary alicyclic amines) is 1. The maximum absolute atomic E-state index is 14.6. The van der Waals surface area contributed by atoms with Crippen LogP contribution in [0.25, 0.3) is 0 Å². The monoisotopic (exact) mass is 697 g/mol. The van der Waals surface area contributed by atoms with Crippen LogP contribution in [0.3, 0.4) is 0 Å². The second-order valence-electron chi connectivity index (χ2n) is 13.5. The van der Waals surface area contributed by atoms with Crippen molar-refractivity contribution >= 4 is 35.5 Å². The Labute approximate surface area is 289 Å². The van der Waals surface area contributed by atoms with Crippen molar-refractivity contribution in [2.24, 2.45) is 11.7 Å². The zero-order valence-corrected chi connectivity index (χ0v) is 28.4. The van der Waals surface area contributed by atoms with Crippen LogP contribution < -0.4 is 21.7 Å². The highest BCUT2D eigenvalue weighted by molar-refractivity contribution is 6.37. The Morgan fingerprint density at radius 2 is 1.72 bits per heavy atom. The molecule has 3 heterocycles. The lowest BCUT2D eigenvalue weighted by Crippen LogP contribution is -2.56. The van der Waals surface area contributed by atoms with Gasteiger partial charge in [-0.2, -0.15) is 0 Å². The molecule has 5 amide bonds. The summed E-state index contributed by atoms with van der Waals surface area (Å²) in [4.78, 5) is 82.7. The molecule has 0 spiro atoms. The van der Waals surface area contributed by atoms with E-state index < -0.39 is 65.3 Å². The summed E-state index contributed by atoms with van der Waals surface area (Å²) in [5.41, 5.74) is 4.62. The van der Waals surface area contributed by atoms with Gasteiger partial charge in [0, 0.05) is 37.5 Å². The van der Waals surface area contributed by atoms with Gasteiger partial charge in [0.05, 0.1) is 24.0 Å². The summed E-state index contributed by atoms with van der Waals surface area (Å²) < 4.78 is 1.47. The summed E-state index contributed by atoms with van der Waals surface area (Å²) in [7, 11) is 0. The van der Waals surface area contributed by atoms with E-state index in [1.165, 1.54) is 40.3 Å². The van der Waals surface area contributed by atoms with E-state index in [0.29, 0.717) is 24.1 Å². The summed E-state index contributed by atoms with van der Waals surface area (Å²) in [5.74, 6) is -3.79. The molecule has 1 aliphatic heterocycles. The number of ketones is 1. The molecule has 1 saturated heterocycles. The van der Waals surface area contributed by atoms with Crippen molar-refractivity contribution in [1.29, 1.82) is 0 Å². The van der Waals surface area contributed by atoms with E-state index in [0.717, 1.165) is 32.1 Å². The van der Waals surface area contributed by atoms with Crippen LogP contribution in [-0.4, -0.2) is 102 Å². The maximum atomic E-state index is 14.6. The van der Waals surface area contributed by atoms with Crippen molar-refractivity contribution in [3.05, 3.63) is 42.0 Å². The Balaban J connectivity index is 1.63. The average molecular weight is 698 g/mol. The smallest absolute Gasteiger partial charge is 0.404 e. The molecule has 0 bridgehead atoms. The number of nitrogens with zero attached hydrogens (tertiary/aromatic N) is 5. The Morgan fingerprint density at radius 3 is 2.36 bits per heavy atom. The van der Waals surface area contributed by atoms with Crippen LogP contribution in [0.5, 0.6) is 0 Å². The van der Waals surface area contributed by atoms with Gasteiger partial charge in [-0.1, -0.05) is 37.3 Å². The summed E-state index contributed by atoms with van der Waals surface area (Å²) >= 11 is 0. The van der Waals surface area contributed by atoms with E-state index in [1.54, 1.807) is 13.8 Å². The number of hydrogen-bond donors (Lipinski definition) is 6. The van der Waals surface area contributed by atoms with Gasteiger partial charge in [0.15, 0.2) is 0 Å². The van der Waals surface area contributed by atoms with Crippen LogP contribution in [0.2, 0.25) is 0 Å². The van der Waals surface area contributed by atoms with Gasteiger partial charge in [-0.05, 0) is 57.6 Å². The SMILES string of the molecule is CC(C)(O)c1cnnn1[C@H]1C[C@@H](C(=O)NC(CCCCNC(=O)O)C(=O)C(N)=O)N(C(=O)C(CC2CCCCC2)NC(=O)c2ccncc2)C1. The summed E-state index contributed by atoms with van der Waals surface area (Å²) in [5, 5.41) is 35.5. The van der Waals surface area contributed by atoms with Crippen LogP contribution in [0.15, 0.2) is 30.7 Å². The third-order valence-corrected chi connectivity index (χ3v) is 9.32. The summed E-state index contributed by atoms with van der Waals surface area (Å²) in [6.07, 6.45) is 9.04. The third kappa shape index (κ3) is 10.1. The van der Waals surface area contributed by atoms with Gasteiger partial charge in [0.1, 0.15) is 17.7 Å². The van der Waals surface area contributed by atoms with Crippen molar-refractivity contribution in [2.45, 2.75) is 108 Å². The summed E-state index contributed by atoms with van der Waals surface area (Å²) in [6.45, 7) is 3.20. The van der Waals surface area contributed by atoms with Crippen molar-refractivity contribution in [2.75, 3.05) is 13.1 Å². The maximum Gasteiger partial charge on any atom is 0.404 e. The van der Waals surface area contributed by atoms with E-state index in [2.05, 4.69) is 31.2 Å². The van der Waals surface area contributed by atoms with Crippen LogP contribution in [0.4, 0.5) is 4.79 Å². The molecule has 1 saturated carbocycles. The van der Waals surface area contributed by atoms with Crippen LogP contribution in [0.1, 0.15) is 100 Å². The molecular formula is C33H47N9O8. The van der Waals surface area contributed by atoms with E-state index in [-0.39, 0.29) is 38.3 Å². The number of nitrogens with one attached hydrogen (secondary N) is 3. The lowest BCUT2D eigenvalue weighted by Gasteiger charge is -2.32. The molecule has 4 rings (SSSR count). The molecule has 50 heavy (non-hydrogen) atoms. The van der Waals surface area contributed by atoms with Gasteiger partial charge in [-0.15, -0.1) is 5.10 Å². The highest BCUT2D eigenvalue weighted by atomic mass is 16.4. The molecule has 0 aromatic carbocycles. The number of rotatable bonds is 16. The molecule has 2 aliphatic rings. The van der Waals surface area contributed by atoms with Crippen molar-refractivity contribution < 1.29 is 39.0 Å². The minimum absolute atomic E-state index is 0.00285. The molecular weight excluding hydrogens is 650 g/mol. The lowest BCUT2D eigenvalue weighted by molar-refractivity contribution is -0.142. The number of hydrogen-bond acceptors (Lipinski definition) is 10. The predicted octanol–water partition coefficient (Wildman–Crippen LogP) is 0.789. The number of carboxylic acid groups (broad SMARTS) is 1. The molecule has 1 aliphatic carbocycles. The molecule has 2 aromatic heterocycles. The van der Waals surface area contributed by atoms with Gasteiger partial charge < -0.3 is 36.8 Å². The van der Waals surface area contributed by atoms with Crippen LogP contribution in [-0.2, 0) is 24.8 Å². The van der Waals surface area contributed by atoms with E-state index >= 15 is 0 Å². The summed E-state index contributed by atoms with van der Waals surface area (Å²) in [6, 6.07) is -0.996. The Bertz CT molecular complexity index is 1520. The number of primary amides is 1. The number of pyridine rings is 1. The highest BCUT2D eigenvalue weighted by Crippen LogP contribution is 2.33. The van der Waals surface area contributed by atoms with Gasteiger partial charge in [0.25, 0.3) is 11.8 Å². The fourth-order valence-electron chi connectivity index (χ4n) is 6.73. The van der Waals surface area contributed by atoms with Crippen LogP contribution >= 0.6 is 0 Å². The number of nitrogens with two attached hydrogens (primary N) is 1. The van der Waals surface area contributed by atoms with Crippen molar-refractivity contribution in [1.82, 2.24) is 40.8 Å². The topological polar surface area (TPSA) is 252 Å². The molecule has 272 valence electrons. The normalized spacial score (nSPS) is 19.3. The average Bonchev–Trinajstić information content (AvgIpc) is 3.76. The largest absolute Gasteiger partial charge is 0.465 e. The zero-order valence-electron chi connectivity index (χ0n) is 28.4. The second-order valence-corrected chi connectivity index (χ2v) is 13.5.